The summed E-state index contributed by atoms with van der Waals surface area (Å²) in [5, 5.41) is 13.2. The van der Waals surface area contributed by atoms with E-state index in [0.29, 0.717) is 16.5 Å². The second-order valence-corrected chi connectivity index (χ2v) is 8.48. The molecule has 3 aromatic carbocycles. The Morgan fingerprint density at radius 1 is 1.06 bits per heavy atom. The minimum absolute atomic E-state index is 0.101. The number of aromatic nitrogens is 3. The maximum absolute atomic E-state index is 13.0. The first kappa shape index (κ1) is 21.9. The molecule has 0 atom stereocenters. The lowest BCUT2D eigenvalue weighted by Crippen LogP contribution is -2.20. The van der Waals surface area contributed by atoms with Crippen molar-refractivity contribution in [2.24, 2.45) is 5.10 Å². The third-order valence-electron chi connectivity index (χ3n) is 4.34. The molecule has 4 aromatic rings. The van der Waals surface area contributed by atoms with E-state index in [-0.39, 0.29) is 17.5 Å². The summed E-state index contributed by atoms with van der Waals surface area (Å²) in [6.07, 6.45) is 1.46. The number of benzene rings is 3. The zero-order valence-corrected chi connectivity index (χ0v) is 19.1. The minimum atomic E-state index is -0.327. The van der Waals surface area contributed by atoms with E-state index in [1.54, 1.807) is 12.1 Å². The van der Waals surface area contributed by atoms with Gasteiger partial charge < -0.3 is 0 Å². The van der Waals surface area contributed by atoms with Gasteiger partial charge in [0, 0.05) is 15.7 Å². The molecule has 9 heteroatoms. The van der Waals surface area contributed by atoms with Crippen LogP contribution in [0.3, 0.4) is 0 Å². The molecule has 0 fully saturated rings. The monoisotopic (exact) mass is 509 g/mol. The largest absolute Gasteiger partial charge is 0.272 e. The van der Waals surface area contributed by atoms with Crippen LogP contribution < -0.4 is 5.43 Å². The number of nitrogens with zero attached hydrogens (tertiary/aromatic N) is 4. The van der Waals surface area contributed by atoms with Crippen LogP contribution in [0.1, 0.15) is 5.56 Å². The van der Waals surface area contributed by atoms with Crippen LogP contribution in [0.5, 0.6) is 0 Å². The number of rotatable bonds is 7. The van der Waals surface area contributed by atoms with Gasteiger partial charge in [-0.2, -0.15) is 5.10 Å². The van der Waals surface area contributed by atoms with Gasteiger partial charge in [0.05, 0.1) is 12.0 Å². The van der Waals surface area contributed by atoms with Crippen molar-refractivity contribution in [3.8, 4) is 17.1 Å². The van der Waals surface area contributed by atoms with Crippen LogP contribution in [0, 0.1) is 5.82 Å². The highest BCUT2D eigenvalue weighted by Crippen LogP contribution is 2.29. The van der Waals surface area contributed by atoms with Crippen LogP contribution >= 0.6 is 27.7 Å². The van der Waals surface area contributed by atoms with Crippen LogP contribution in [-0.2, 0) is 4.79 Å². The van der Waals surface area contributed by atoms with Gasteiger partial charge >= 0.3 is 0 Å². The molecule has 0 spiro atoms. The highest BCUT2D eigenvalue weighted by atomic mass is 79.9. The molecule has 160 valence electrons. The van der Waals surface area contributed by atoms with Gasteiger partial charge in [-0.3, -0.25) is 9.36 Å². The van der Waals surface area contributed by atoms with Crippen molar-refractivity contribution < 1.29 is 9.18 Å². The van der Waals surface area contributed by atoms with Crippen LogP contribution in [-0.4, -0.2) is 32.6 Å². The Kier molecular flexibility index (Phi) is 7.08. The Morgan fingerprint density at radius 2 is 1.84 bits per heavy atom. The van der Waals surface area contributed by atoms with E-state index >= 15 is 0 Å². The highest BCUT2D eigenvalue weighted by molar-refractivity contribution is 9.10. The van der Waals surface area contributed by atoms with Crippen molar-refractivity contribution in [2.75, 3.05) is 5.75 Å². The number of halogens is 2. The van der Waals surface area contributed by atoms with Gasteiger partial charge in [-0.25, -0.2) is 9.82 Å². The fourth-order valence-corrected chi connectivity index (χ4v) is 4.02. The molecule has 1 amide bonds. The predicted octanol–water partition coefficient (Wildman–Crippen LogP) is 5.08. The number of para-hydroxylation sites is 1. The normalized spacial score (nSPS) is 11.1. The molecule has 0 saturated carbocycles. The molecular formula is C23H17BrFN5OS. The number of hydrogen-bond donors (Lipinski definition) is 1. The first-order valence-corrected chi connectivity index (χ1v) is 11.3. The number of carbonyl (C=O) groups is 1. The lowest BCUT2D eigenvalue weighted by atomic mass is 10.2. The summed E-state index contributed by atoms with van der Waals surface area (Å²) < 4.78 is 15.8. The van der Waals surface area contributed by atoms with Crippen molar-refractivity contribution in [1.29, 1.82) is 0 Å². The van der Waals surface area contributed by atoms with E-state index in [4.69, 9.17) is 0 Å². The van der Waals surface area contributed by atoms with Crippen molar-refractivity contribution in [3.63, 3.8) is 0 Å². The first-order valence-electron chi connectivity index (χ1n) is 9.57. The van der Waals surface area contributed by atoms with E-state index in [0.717, 1.165) is 15.7 Å². The van der Waals surface area contributed by atoms with Gasteiger partial charge in [0.15, 0.2) is 11.0 Å². The van der Waals surface area contributed by atoms with E-state index in [1.807, 2.05) is 59.2 Å². The smallest absolute Gasteiger partial charge is 0.250 e. The molecule has 0 saturated heterocycles. The zero-order valence-electron chi connectivity index (χ0n) is 16.7. The van der Waals surface area contributed by atoms with Crippen molar-refractivity contribution >= 4 is 39.8 Å². The molecule has 1 aromatic heterocycles. The van der Waals surface area contributed by atoms with Crippen molar-refractivity contribution in [1.82, 2.24) is 20.2 Å². The average molecular weight is 510 g/mol. The van der Waals surface area contributed by atoms with Gasteiger partial charge in [-0.1, -0.05) is 70.2 Å². The number of carbonyl (C=O) groups excluding carboxylic acids is 1. The van der Waals surface area contributed by atoms with E-state index < -0.39 is 0 Å². The summed E-state index contributed by atoms with van der Waals surface area (Å²) in [7, 11) is 0. The number of hydrogen-bond acceptors (Lipinski definition) is 5. The first-order chi connectivity index (χ1) is 15.6. The summed E-state index contributed by atoms with van der Waals surface area (Å²) in [6.45, 7) is 0. The predicted molar refractivity (Wildman–Crippen MR) is 127 cm³/mol. The number of hydrazone groups is 1. The van der Waals surface area contributed by atoms with Gasteiger partial charge in [-0.15, -0.1) is 10.2 Å². The van der Waals surface area contributed by atoms with E-state index in [9.17, 15) is 9.18 Å². The molecule has 0 aliphatic rings. The van der Waals surface area contributed by atoms with Crippen LogP contribution in [0.2, 0.25) is 0 Å². The maximum Gasteiger partial charge on any atom is 0.250 e. The molecule has 32 heavy (non-hydrogen) atoms. The van der Waals surface area contributed by atoms with Gasteiger partial charge in [0.25, 0.3) is 5.91 Å². The van der Waals surface area contributed by atoms with Crippen LogP contribution in [0.4, 0.5) is 4.39 Å². The maximum atomic E-state index is 13.0. The molecule has 0 aliphatic heterocycles. The number of amides is 1. The Hall–Kier alpha value is -3.30. The fraction of sp³-hybridized carbons (Fsp3) is 0.0435. The van der Waals surface area contributed by atoms with E-state index in [2.05, 4.69) is 36.7 Å². The lowest BCUT2D eigenvalue weighted by Gasteiger charge is -2.10. The molecular weight excluding hydrogens is 493 g/mol. The quantitative estimate of drug-likeness (QED) is 0.214. The second-order valence-electron chi connectivity index (χ2n) is 6.62. The standard InChI is InChI=1S/C23H17BrFN5OS/c24-18-6-4-5-17(13-18)22-28-29-23(30(22)20-7-2-1-3-8-20)32-15-21(31)27-26-14-16-9-11-19(25)12-10-16/h1-14H,15H2,(H,27,31)/b26-14+. The second kappa shape index (κ2) is 10.3. The number of nitrogens with one attached hydrogen (secondary N) is 1. The molecule has 1 heterocycles. The third-order valence-corrected chi connectivity index (χ3v) is 5.76. The molecule has 0 bridgehead atoms. The summed E-state index contributed by atoms with van der Waals surface area (Å²) in [4.78, 5) is 12.3. The van der Waals surface area contributed by atoms with Crippen molar-refractivity contribution in [2.45, 2.75) is 5.16 Å². The third kappa shape index (κ3) is 5.49. The average Bonchev–Trinajstić information content (AvgIpc) is 3.24. The molecule has 0 unspecified atom stereocenters. The Labute approximate surface area is 196 Å². The summed E-state index contributed by atoms with van der Waals surface area (Å²) in [6, 6.07) is 23.3. The minimum Gasteiger partial charge on any atom is -0.272 e. The van der Waals surface area contributed by atoms with Crippen molar-refractivity contribution in [3.05, 3.63) is 94.7 Å². The molecule has 4 rings (SSSR count). The van der Waals surface area contributed by atoms with Gasteiger partial charge in [0.1, 0.15) is 5.82 Å². The fourth-order valence-electron chi connectivity index (χ4n) is 2.88. The Bertz CT molecular complexity index is 1240. The highest BCUT2D eigenvalue weighted by Gasteiger charge is 2.17. The zero-order chi connectivity index (χ0) is 22.3. The molecule has 0 radical (unpaired) electrons. The SMILES string of the molecule is O=C(CSc1nnc(-c2cccc(Br)c2)n1-c1ccccc1)N/N=C/c1ccc(F)cc1. The Morgan fingerprint density at radius 3 is 2.59 bits per heavy atom. The van der Waals surface area contributed by atoms with Crippen LogP contribution in [0.15, 0.2) is 93.6 Å². The van der Waals surface area contributed by atoms with Gasteiger partial charge in [-0.05, 0) is 42.0 Å². The summed E-state index contributed by atoms with van der Waals surface area (Å²) in [5.41, 5.74) is 4.95. The van der Waals surface area contributed by atoms with Crippen LogP contribution in [0.25, 0.3) is 17.1 Å². The molecule has 6 nitrogen and oxygen atoms in total. The number of thioether (sulfide) groups is 1. The molecule has 1 N–H and O–H groups in total. The van der Waals surface area contributed by atoms with Gasteiger partial charge in [0.2, 0.25) is 0 Å². The Balaban J connectivity index is 1.50. The lowest BCUT2D eigenvalue weighted by molar-refractivity contribution is -0.118. The summed E-state index contributed by atoms with van der Waals surface area (Å²) >= 11 is 4.75. The van der Waals surface area contributed by atoms with E-state index in [1.165, 1.54) is 30.1 Å². The summed E-state index contributed by atoms with van der Waals surface area (Å²) in [5.74, 6) is 0.159. The molecule has 0 aliphatic carbocycles. The topological polar surface area (TPSA) is 72.2 Å².